The number of halogens is 3. The van der Waals surface area contributed by atoms with E-state index >= 15 is 0 Å². The van der Waals surface area contributed by atoms with E-state index in [1.807, 2.05) is 0 Å². The molecule has 0 aromatic heterocycles. The van der Waals surface area contributed by atoms with Gasteiger partial charge < -0.3 is 15.4 Å². The molecule has 6 nitrogen and oxygen atoms in total. The topological polar surface area (TPSA) is 84.5 Å². The zero-order valence-corrected chi connectivity index (χ0v) is 17.0. The second-order valence-electron chi connectivity index (χ2n) is 6.93. The van der Waals surface area contributed by atoms with Crippen LogP contribution in [-0.4, -0.2) is 37.0 Å². The molecule has 9 heteroatoms. The third-order valence-corrected chi connectivity index (χ3v) is 4.47. The van der Waals surface area contributed by atoms with E-state index in [-0.39, 0.29) is 18.4 Å². The maximum absolute atomic E-state index is 13.0. The lowest BCUT2D eigenvalue weighted by atomic mass is 10.0. The van der Waals surface area contributed by atoms with Crippen LogP contribution in [0.15, 0.2) is 54.6 Å². The summed E-state index contributed by atoms with van der Waals surface area (Å²) in [6.45, 7) is 1.26. The van der Waals surface area contributed by atoms with Crippen LogP contribution in [-0.2, 0) is 38.1 Å². The highest BCUT2D eigenvalue weighted by Crippen LogP contribution is 2.29. The van der Waals surface area contributed by atoms with E-state index in [0.29, 0.717) is 0 Å². The van der Waals surface area contributed by atoms with E-state index in [4.69, 9.17) is 4.74 Å². The zero-order valence-electron chi connectivity index (χ0n) is 17.0. The monoisotopic (exact) mass is 436 g/mol. The third kappa shape index (κ3) is 7.44. The van der Waals surface area contributed by atoms with Gasteiger partial charge in [-0.15, -0.1) is 0 Å². The van der Waals surface area contributed by atoms with Crippen molar-refractivity contribution in [1.82, 2.24) is 10.6 Å². The quantitative estimate of drug-likeness (QED) is 0.624. The van der Waals surface area contributed by atoms with E-state index < -0.39 is 41.6 Å². The van der Waals surface area contributed by atoms with Gasteiger partial charge in [-0.1, -0.05) is 48.5 Å². The maximum atomic E-state index is 13.0. The smallest absolute Gasteiger partial charge is 0.416 e. The number of esters is 1. The van der Waals surface area contributed by atoms with E-state index in [2.05, 4.69) is 10.6 Å². The van der Waals surface area contributed by atoms with Gasteiger partial charge in [-0.25, -0.2) is 4.79 Å². The number of carbonyl (C=O) groups is 3. The van der Waals surface area contributed by atoms with Crippen LogP contribution in [0.5, 0.6) is 0 Å². The summed E-state index contributed by atoms with van der Waals surface area (Å²) in [5.41, 5.74) is 0.119. The maximum Gasteiger partial charge on any atom is 0.416 e. The van der Waals surface area contributed by atoms with Crippen LogP contribution < -0.4 is 10.6 Å². The van der Waals surface area contributed by atoms with Gasteiger partial charge in [0.1, 0.15) is 12.1 Å². The lowest BCUT2D eigenvalue weighted by molar-refractivity contribution is -0.145. The molecule has 2 rings (SSSR count). The van der Waals surface area contributed by atoms with Crippen LogP contribution in [0.1, 0.15) is 23.6 Å². The first-order valence-electron chi connectivity index (χ1n) is 9.45. The van der Waals surface area contributed by atoms with Gasteiger partial charge >= 0.3 is 12.1 Å². The number of carbonyl (C=O) groups excluding carboxylic acids is 3. The van der Waals surface area contributed by atoms with Crippen LogP contribution >= 0.6 is 0 Å². The van der Waals surface area contributed by atoms with Crippen molar-refractivity contribution < 1.29 is 32.3 Å². The molecule has 0 spiro atoms. The highest BCUT2D eigenvalue weighted by atomic mass is 19.4. The molecule has 0 aliphatic rings. The van der Waals surface area contributed by atoms with Crippen molar-refractivity contribution in [2.24, 2.45) is 0 Å². The second-order valence-corrected chi connectivity index (χ2v) is 6.93. The van der Waals surface area contributed by atoms with Crippen LogP contribution in [0, 0.1) is 0 Å². The highest BCUT2D eigenvalue weighted by molar-refractivity contribution is 5.90. The molecular weight excluding hydrogens is 413 g/mol. The van der Waals surface area contributed by atoms with E-state index in [9.17, 15) is 27.6 Å². The summed E-state index contributed by atoms with van der Waals surface area (Å²) in [6, 6.07) is 11.2. The predicted molar refractivity (Wildman–Crippen MR) is 107 cm³/mol. The molecule has 2 amide bonds. The molecule has 2 aromatic rings. The summed E-state index contributed by atoms with van der Waals surface area (Å²) in [7, 11) is 1.11. The van der Waals surface area contributed by atoms with Crippen molar-refractivity contribution in [3.05, 3.63) is 71.3 Å². The Morgan fingerprint density at radius 1 is 0.903 bits per heavy atom. The fraction of sp³-hybridized carbons (Fsp3) is 0.318. The number of benzene rings is 2. The molecule has 0 heterocycles. The first-order valence-corrected chi connectivity index (χ1v) is 9.45. The average molecular weight is 436 g/mol. The van der Waals surface area contributed by atoms with Gasteiger partial charge in [0, 0.05) is 19.8 Å². The Morgan fingerprint density at radius 3 is 2.10 bits per heavy atom. The van der Waals surface area contributed by atoms with E-state index in [0.717, 1.165) is 24.8 Å². The first-order chi connectivity index (χ1) is 14.6. The number of rotatable bonds is 8. The average Bonchev–Trinajstić information content (AvgIpc) is 2.72. The summed E-state index contributed by atoms with van der Waals surface area (Å²) in [5.74, 6) is -1.91. The van der Waals surface area contributed by atoms with Crippen LogP contribution in [0.2, 0.25) is 0 Å². The van der Waals surface area contributed by atoms with Crippen LogP contribution in [0.3, 0.4) is 0 Å². The minimum absolute atomic E-state index is 0.170. The number of hydrogen-bond acceptors (Lipinski definition) is 4. The van der Waals surface area contributed by atoms with Crippen molar-refractivity contribution in [3.8, 4) is 0 Å². The Hall–Kier alpha value is -3.36. The molecular formula is C22H23F3N2O4. The summed E-state index contributed by atoms with van der Waals surface area (Å²) in [6.07, 6.45) is -4.57. The molecule has 0 radical (unpaired) electrons. The molecule has 31 heavy (non-hydrogen) atoms. The Morgan fingerprint density at radius 2 is 1.52 bits per heavy atom. The van der Waals surface area contributed by atoms with Crippen LogP contribution in [0.25, 0.3) is 0 Å². The molecule has 0 unspecified atom stereocenters. The minimum atomic E-state index is -4.54. The molecule has 166 valence electrons. The lowest BCUT2D eigenvalue weighted by Crippen LogP contribution is -2.53. The number of alkyl halides is 3. The molecule has 0 saturated carbocycles. The normalized spacial score (nSPS) is 13.1. The van der Waals surface area contributed by atoms with Crippen molar-refractivity contribution in [2.75, 3.05) is 7.11 Å². The fourth-order valence-corrected chi connectivity index (χ4v) is 3.02. The van der Waals surface area contributed by atoms with Gasteiger partial charge in [0.05, 0.1) is 12.7 Å². The second kappa shape index (κ2) is 10.6. The molecule has 0 fully saturated rings. The molecule has 0 bridgehead atoms. The van der Waals surface area contributed by atoms with Crippen molar-refractivity contribution in [1.29, 1.82) is 0 Å². The third-order valence-electron chi connectivity index (χ3n) is 4.47. The first kappa shape index (κ1) is 23.9. The van der Waals surface area contributed by atoms with Gasteiger partial charge in [-0.05, 0) is 17.2 Å². The van der Waals surface area contributed by atoms with Crippen molar-refractivity contribution >= 4 is 17.8 Å². The van der Waals surface area contributed by atoms with Gasteiger partial charge in [-0.2, -0.15) is 13.2 Å². The molecule has 2 atom stereocenters. The summed E-state index contributed by atoms with van der Waals surface area (Å²) in [4.78, 5) is 36.6. The van der Waals surface area contributed by atoms with Gasteiger partial charge in [0.2, 0.25) is 11.8 Å². The minimum Gasteiger partial charge on any atom is -0.467 e. The number of nitrogens with one attached hydrogen (secondary N) is 2. The summed E-state index contributed by atoms with van der Waals surface area (Å²) in [5, 5.41) is 5.02. The SMILES string of the molecule is COC(=O)[C@@H](Cc1cccc(C(F)(F)F)c1)NC(=O)[C@H](Cc1ccccc1)NC(C)=O. The fourth-order valence-electron chi connectivity index (χ4n) is 3.02. The molecule has 2 aromatic carbocycles. The van der Waals surface area contributed by atoms with Gasteiger partial charge in [-0.3, -0.25) is 9.59 Å². The molecule has 0 saturated heterocycles. The summed E-state index contributed by atoms with van der Waals surface area (Å²) < 4.78 is 43.6. The Labute approximate surface area is 177 Å². The Bertz CT molecular complexity index is 916. The number of methoxy groups -OCH3 is 1. The Balaban J connectivity index is 2.20. The van der Waals surface area contributed by atoms with Gasteiger partial charge in [0.15, 0.2) is 0 Å². The standard InChI is InChI=1S/C22H23F3N2O4/c1-14(28)26-18(12-15-7-4-3-5-8-15)20(29)27-19(21(30)31-2)13-16-9-6-10-17(11-16)22(23,24)25/h3-11,18-19H,12-13H2,1-2H3,(H,26,28)(H,27,29)/t18-,19+/m0/s1. The number of amides is 2. The number of ether oxygens (including phenoxy) is 1. The van der Waals surface area contributed by atoms with Crippen molar-refractivity contribution in [3.63, 3.8) is 0 Å². The number of hydrogen-bond donors (Lipinski definition) is 2. The van der Waals surface area contributed by atoms with Gasteiger partial charge in [0.25, 0.3) is 0 Å². The lowest BCUT2D eigenvalue weighted by Gasteiger charge is -2.22. The van der Waals surface area contributed by atoms with Crippen LogP contribution in [0.4, 0.5) is 13.2 Å². The molecule has 0 aliphatic carbocycles. The van der Waals surface area contributed by atoms with E-state index in [1.165, 1.54) is 19.1 Å². The zero-order chi connectivity index (χ0) is 23.0. The van der Waals surface area contributed by atoms with E-state index in [1.54, 1.807) is 30.3 Å². The summed E-state index contributed by atoms with van der Waals surface area (Å²) >= 11 is 0. The Kier molecular flexibility index (Phi) is 8.18. The van der Waals surface area contributed by atoms with Crippen molar-refractivity contribution in [2.45, 2.75) is 38.0 Å². The predicted octanol–water partition coefficient (Wildman–Crippen LogP) is 2.65. The molecule has 0 aliphatic heterocycles. The largest absolute Gasteiger partial charge is 0.467 e. The molecule has 2 N–H and O–H groups in total. The highest BCUT2D eigenvalue weighted by Gasteiger charge is 2.31.